The van der Waals surface area contributed by atoms with E-state index in [4.69, 9.17) is 16.3 Å². The molecule has 3 nitrogen and oxygen atoms in total. The van der Waals surface area contributed by atoms with Gasteiger partial charge in [-0.15, -0.1) is 11.6 Å². The summed E-state index contributed by atoms with van der Waals surface area (Å²) in [5, 5.41) is 2.65. The molecule has 4 heteroatoms. The molecule has 1 aliphatic heterocycles. The second-order valence-corrected chi connectivity index (χ2v) is 5.16. The number of ether oxygens (including phenoxy) is 1. The standard InChI is InChI=1S/C14H18ClNO2/c1-10-7-8-13(18-10)14(17)16-9-12(15)11-5-3-2-4-6-11/h2-6,10,12-13H,7-9H2,1H3,(H,16,17). The third-order valence-corrected chi connectivity index (χ3v) is 3.55. The van der Waals surface area contributed by atoms with Gasteiger partial charge in [0.2, 0.25) is 5.91 Å². The molecule has 1 saturated heterocycles. The minimum Gasteiger partial charge on any atom is -0.365 e. The summed E-state index contributed by atoms with van der Waals surface area (Å²) in [6, 6.07) is 9.73. The van der Waals surface area contributed by atoms with Gasteiger partial charge in [0.05, 0.1) is 11.5 Å². The Kier molecular flexibility index (Phi) is 4.61. The van der Waals surface area contributed by atoms with Crippen LogP contribution in [0.5, 0.6) is 0 Å². The predicted molar refractivity (Wildman–Crippen MR) is 71.6 cm³/mol. The molecule has 3 unspecified atom stereocenters. The number of carbonyl (C=O) groups is 1. The summed E-state index contributed by atoms with van der Waals surface area (Å²) in [5.41, 5.74) is 1.01. The van der Waals surface area contributed by atoms with Crippen LogP contribution in [0.25, 0.3) is 0 Å². The molecule has 18 heavy (non-hydrogen) atoms. The molecule has 1 amide bonds. The Labute approximate surface area is 112 Å². The number of carbonyl (C=O) groups excluding carboxylic acids is 1. The maximum Gasteiger partial charge on any atom is 0.249 e. The molecule has 1 N–H and O–H groups in total. The van der Waals surface area contributed by atoms with Gasteiger partial charge in [-0.2, -0.15) is 0 Å². The number of nitrogens with one attached hydrogen (secondary N) is 1. The monoisotopic (exact) mass is 267 g/mol. The summed E-state index contributed by atoms with van der Waals surface area (Å²) in [5.74, 6) is -0.0547. The third-order valence-electron chi connectivity index (χ3n) is 3.14. The Morgan fingerprint density at radius 3 is 2.78 bits per heavy atom. The quantitative estimate of drug-likeness (QED) is 0.852. The maximum absolute atomic E-state index is 11.8. The molecule has 3 atom stereocenters. The zero-order valence-electron chi connectivity index (χ0n) is 10.4. The van der Waals surface area contributed by atoms with Crippen LogP contribution in [0.2, 0.25) is 0 Å². The molecule has 0 aromatic heterocycles. The van der Waals surface area contributed by atoms with Crippen molar-refractivity contribution in [2.24, 2.45) is 0 Å². The van der Waals surface area contributed by atoms with Crippen LogP contribution >= 0.6 is 11.6 Å². The lowest BCUT2D eigenvalue weighted by Gasteiger charge is -2.14. The Morgan fingerprint density at radius 2 is 2.17 bits per heavy atom. The molecule has 1 aliphatic rings. The first-order valence-electron chi connectivity index (χ1n) is 6.29. The van der Waals surface area contributed by atoms with Crippen LogP contribution in [0.1, 0.15) is 30.7 Å². The first kappa shape index (κ1) is 13.4. The highest BCUT2D eigenvalue weighted by atomic mass is 35.5. The summed E-state index contributed by atoms with van der Waals surface area (Å²) in [4.78, 5) is 11.8. The highest BCUT2D eigenvalue weighted by molar-refractivity contribution is 6.21. The molecule has 0 spiro atoms. The van der Waals surface area contributed by atoms with Gasteiger partial charge in [-0.3, -0.25) is 4.79 Å². The number of rotatable bonds is 4. The summed E-state index contributed by atoms with van der Waals surface area (Å²) < 4.78 is 5.51. The lowest BCUT2D eigenvalue weighted by atomic mass is 10.1. The van der Waals surface area contributed by atoms with E-state index in [1.807, 2.05) is 37.3 Å². The topological polar surface area (TPSA) is 38.3 Å². The van der Waals surface area contributed by atoms with E-state index < -0.39 is 0 Å². The van der Waals surface area contributed by atoms with Gasteiger partial charge < -0.3 is 10.1 Å². The van der Waals surface area contributed by atoms with Crippen LogP contribution in [0.15, 0.2) is 30.3 Å². The molecule has 0 aliphatic carbocycles. The molecule has 98 valence electrons. The second kappa shape index (κ2) is 6.21. The Morgan fingerprint density at radius 1 is 1.44 bits per heavy atom. The van der Waals surface area contributed by atoms with Gasteiger partial charge >= 0.3 is 0 Å². The Balaban J connectivity index is 1.79. The molecule has 1 fully saturated rings. The molecule has 1 heterocycles. The molecule has 1 aromatic carbocycles. The lowest BCUT2D eigenvalue weighted by Crippen LogP contribution is -2.36. The SMILES string of the molecule is CC1CCC(C(=O)NCC(Cl)c2ccccc2)O1. The average molecular weight is 268 g/mol. The molecular weight excluding hydrogens is 250 g/mol. The van der Waals surface area contributed by atoms with Gasteiger partial charge in [-0.05, 0) is 25.3 Å². The smallest absolute Gasteiger partial charge is 0.249 e. The largest absolute Gasteiger partial charge is 0.365 e. The van der Waals surface area contributed by atoms with E-state index in [1.54, 1.807) is 0 Å². The molecule has 0 radical (unpaired) electrons. The first-order chi connectivity index (χ1) is 8.66. The minimum absolute atomic E-state index is 0.0547. The van der Waals surface area contributed by atoms with Gasteiger partial charge in [-0.1, -0.05) is 30.3 Å². The third kappa shape index (κ3) is 3.47. The molecular formula is C14H18ClNO2. The van der Waals surface area contributed by atoms with Gasteiger partial charge in [0.1, 0.15) is 6.10 Å². The Hall–Kier alpha value is -1.06. The van der Waals surface area contributed by atoms with E-state index in [0.717, 1.165) is 18.4 Å². The Bertz CT molecular complexity index is 396. The van der Waals surface area contributed by atoms with Crippen LogP contribution in [0, 0.1) is 0 Å². The summed E-state index contributed by atoms with van der Waals surface area (Å²) >= 11 is 6.23. The van der Waals surface area contributed by atoms with Gasteiger partial charge in [0, 0.05) is 6.54 Å². The molecule has 0 saturated carbocycles. The van der Waals surface area contributed by atoms with Crippen molar-refractivity contribution in [1.82, 2.24) is 5.32 Å². The molecule has 2 rings (SSSR count). The molecule has 1 aromatic rings. The van der Waals surface area contributed by atoms with Crippen molar-refractivity contribution in [2.75, 3.05) is 6.54 Å². The maximum atomic E-state index is 11.8. The van der Waals surface area contributed by atoms with Crippen LogP contribution in [-0.4, -0.2) is 24.7 Å². The fraction of sp³-hybridized carbons (Fsp3) is 0.500. The summed E-state index contributed by atoms with van der Waals surface area (Å²) in [6.07, 6.45) is 1.62. The number of halogens is 1. The first-order valence-corrected chi connectivity index (χ1v) is 6.72. The number of benzene rings is 1. The molecule has 0 bridgehead atoms. The van der Waals surface area contributed by atoms with E-state index in [9.17, 15) is 4.79 Å². The predicted octanol–water partition coefficient (Wildman–Crippen LogP) is 2.65. The fourth-order valence-corrected chi connectivity index (χ4v) is 2.30. The summed E-state index contributed by atoms with van der Waals surface area (Å²) in [7, 11) is 0. The average Bonchev–Trinajstić information content (AvgIpc) is 2.83. The lowest BCUT2D eigenvalue weighted by molar-refractivity contribution is -0.131. The zero-order valence-corrected chi connectivity index (χ0v) is 11.2. The van der Waals surface area contributed by atoms with Gasteiger partial charge in [0.25, 0.3) is 0 Å². The number of hydrogen-bond acceptors (Lipinski definition) is 2. The van der Waals surface area contributed by atoms with Crippen molar-refractivity contribution >= 4 is 17.5 Å². The second-order valence-electron chi connectivity index (χ2n) is 4.64. The van der Waals surface area contributed by atoms with E-state index in [1.165, 1.54) is 0 Å². The van der Waals surface area contributed by atoms with Gasteiger partial charge in [-0.25, -0.2) is 0 Å². The number of hydrogen-bond donors (Lipinski definition) is 1. The van der Waals surface area contributed by atoms with Crippen molar-refractivity contribution in [3.05, 3.63) is 35.9 Å². The summed E-state index contributed by atoms with van der Waals surface area (Å²) in [6.45, 7) is 2.42. The fourth-order valence-electron chi connectivity index (χ4n) is 2.08. The van der Waals surface area contributed by atoms with Crippen molar-refractivity contribution in [2.45, 2.75) is 37.4 Å². The number of alkyl halides is 1. The van der Waals surface area contributed by atoms with Crippen molar-refractivity contribution in [3.8, 4) is 0 Å². The van der Waals surface area contributed by atoms with E-state index in [2.05, 4.69) is 5.32 Å². The highest BCUT2D eigenvalue weighted by Gasteiger charge is 2.28. The zero-order chi connectivity index (χ0) is 13.0. The van der Waals surface area contributed by atoms with Crippen LogP contribution in [-0.2, 0) is 9.53 Å². The van der Waals surface area contributed by atoms with Crippen molar-refractivity contribution in [3.63, 3.8) is 0 Å². The van der Waals surface area contributed by atoms with Gasteiger partial charge in [0.15, 0.2) is 0 Å². The van der Waals surface area contributed by atoms with E-state index in [-0.39, 0.29) is 23.5 Å². The normalized spacial score (nSPS) is 24.8. The van der Waals surface area contributed by atoms with Crippen LogP contribution in [0.4, 0.5) is 0 Å². The highest BCUT2D eigenvalue weighted by Crippen LogP contribution is 2.21. The van der Waals surface area contributed by atoms with E-state index >= 15 is 0 Å². The van der Waals surface area contributed by atoms with Crippen LogP contribution in [0.3, 0.4) is 0 Å². The van der Waals surface area contributed by atoms with Crippen molar-refractivity contribution in [1.29, 1.82) is 0 Å². The number of amides is 1. The van der Waals surface area contributed by atoms with E-state index in [0.29, 0.717) is 6.54 Å². The van der Waals surface area contributed by atoms with Crippen LogP contribution < -0.4 is 5.32 Å². The van der Waals surface area contributed by atoms with Crippen molar-refractivity contribution < 1.29 is 9.53 Å². The minimum atomic E-state index is -0.306.